The van der Waals surface area contributed by atoms with Gasteiger partial charge in [0.15, 0.2) is 0 Å². The van der Waals surface area contributed by atoms with Gasteiger partial charge in [0.2, 0.25) is 10.0 Å². The Bertz CT molecular complexity index is 1600. The molecule has 4 aromatic rings. The summed E-state index contributed by atoms with van der Waals surface area (Å²) in [6, 6.07) is 3.95. The highest BCUT2D eigenvalue weighted by atomic mass is 32.2. The van der Waals surface area contributed by atoms with Crippen LogP contribution < -0.4 is 10.0 Å². The van der Waals surface area contributed by atoms with Gasteiger partial charge in [-0.05, 0) is 62.8 Å². The van der Waals surface area contributed by atoms with Crippen LogP contribution in [0.15, 0.2) is 41.8 Å². The van der Waals surface area contributed by atoms with Crippen LogP contribution in [0.5, 0.6) is 0 Å². The SMILES string of the molecule is Cn1ncc2c(NC3Cc4cc5cnc(C6CC6)cc5c(S(=O)(=O)NCC(C)(C)F)c4C3)cncc21. The van der Waals surface area contributed by atoms with Crippen molar-refractivity contribution in [2.75, 3.05) is 11.9 Å². The molecule has 36 heavy (non-hydrogen) atoms. The Kier molecular flexibility index (Phi) is 5.31. The number of benzene rings is 1. The van der Waals surface area contributed by atoms with Crippen molar-refractivity contribution in [1.29, 1.82) is 0 Å². The van der Waals surface area contributed by atoms with Crippen LogP contribution in [0.3, 0.4) is 0 Å². The topological polar surface area (TPSA) is 102 Å². The van der Waals surface area contributed by atoms with Gasteiger partial charge < -0.3 is 5.32 Å². The van der Waals surface area contributed by atoms with E-state index in [9.17, 15) is 12.8 Å². The van der Waals surface area contributed by atoms with E-state index in [1.165, 1.54) is 13.8 Å². The highest BCUT2D eigenvalue weighted by molar-refractivity contribution is 7.89. The fourth-order valence-corrected chi connectivity index (χ4v) is 6.79. The van der Waals surface area contributed by atoms with E-state index in [1.54, 1.807) is 29.5 Å². The van der Waals surface area contributed by atoms with Gasteiger partial charge in [-0.1, -0.05) is 0 Å². The maximum absolute atomic E-state index is 14.3. The van der Waals surface area contributed by atoms with Gasteiger partial charge in [0.1, 0.15) is 5.67 Å². The molecule has 0 spiro atoms. The predicted octanol–water partition coefficient (Wildman–Crippen LogP) is 4.00. The average Bonchev–Trinajstić information content (AvgIpc) is 3.50. The van der Waals surface area contributed by atoms with Crippen molar-refractivity contribution < 1.29 is 12.8 Å². The van der Waals surface area contributed by atoms with Gasteiger partial charge in [-0.25, -0.2) is 17.5 Å². The van der Waals surface area contributed by atoms with Crippen LogP contribution in [-0.4, -0.2) is 46.4 Å². The van der Waals surface area contributed by atoms with Crippen molar-refractivity contribution in [2.45, 2.75) is 62.1 Å². The molecule has 3 heterocycles. The minimum absolute atomic E-state index is 0.0214. The van der Waals surface area contributed by atoms with Gasteiger partial charge in [0.05, 0.1) is 34.7 Å². The number of alkyl halides is 1. The maximum atomic E-state index is 14.3. The normalized spacial score (nSPS) is 18.2. The Morgan fingerprint density at radius 2 is 1.92 bits per heavy atom. The van der Waals surface area contributed by atoms with Crippen molar-refractivity contribution in [3.8, 4) is 0 Å². The number of aromatic nitrogens is 4. The molecule has 2 N–H and O–H groups in total. The minimum atomic E-state index is -3.97. The number of anilines is 1. The molecule has 0 amide bonds. The molecule has 2 aliphatic carbocycles. The molecule has 1 aromatic carbocycles. The molecule has 0 radical (unpaired) electrons. The standard InChI is InChI=1S/C26H29FN6O2S/c1-26(2,27)14-31-36(34,35)25-19-8-18(32-23-12-28-13-24-21(23)11-30-33(24)3)7-16(19)6-17-10-29-22(9-20(17)25)15-4-5-15/h6,9-13,15,18,31-32H,4-5,7-8,14H2,1-3H3. The Labute approximate surface area is 209 Å². The monoisotopic (exact) mass is 508 g/mol. The van der Waals surface area contributed by atoms with Gasteiger partial charge in [-0.15, -0.1) is 0 Å². The minimum Gasteiger partial charge on any atom is -0.380 e. The fourth-order valence-electron chi connectivity index (χ4n) is 5.11. The van der Waals surface area contributed by atoms with E-state index < -0.39 is 15.7 Å². The lowest BCUT2D eigenvalue weighted by Crippen LogP contribution is -2.36. The number of hydrogen-bond acceptors (Lipinski definition) is 6. The molecular formula is C26H29FN6O2S. The third kappa shape index (κ3) is 4.22. The highest BCUT2D eigenvalue weighted by Crippen LogP contribution is 2.42. The fraction of sp³-hybridized carbons (Fsp3) is 0.423. The van der Waals surface area contributed by atoms with E-state index in [2.05, 4.69) is 31.2 Å². The second-order valence-electron chi connectivity index (χ2n) is 10.6. The van der Waals surface area contributed by atoms with Crippen molar-refractivity contribution in [3.05, 3.63) is 53.7 Å². The molecule has 1 atom stereocenters. The summed E-state index contributed by atoms with van der Waals surface area (Å²) in [5.41, 5.74) is 2.78. The summed E-state index contributed by atoms with van der Waals surface area (Å²) in [4.78, 5) is 9.22. The number of aryl methyl sites for hydroxylation is 1. The lowest BCUT2D eigenvalue weighted by Gasteiger charge is -2.18. The predicted molar refractivity (Wildman–Crippen MR) is 137 cm³/mol. The largest absolute Gasteiger partial charge is 0.380 e. The van der Waals surface area contributed by atoms with Gasteiger partial charge in [0, 0.05) is 53.6 Å². The molecule has 0 saturated heterocycles. The molecule has 3 aromatic heterocycles. The molecule has 6 rings (SSSR count). The third-order valence-electron chi connectivity index (χ3n) is 7.09. The first kappa shape index (κ1) is 23.3. The van der Waals surface area contributed by atoms with Crippen LogP contribution >= 0.6 is 0 Å². The Balaban J connectivity index is 1.42. The van der Waals surface area contributed by atoms with Crippen LogP contribution in [0.4, 0.5) is 10.1 Å². The van der Waals surface area contributed by atoms with E-state index in [0.717, 1.165) is 51.6 Å². The van der Waals surface area contributed by atoms with E-state index in [1.807, 2.05) is 13.1 Å². The van der Waals surface area contributed by atoms with Crippen molar-refractivity contribution >= 4 is 37.4 Å². The lowest BCUT2D eigenvalue weighted by molar-refractivity contribution is 0.221. The number of fused-ring (bicyclic) bond motifs is 3. The van der Waals surface area contributed by atoms with Crippen molar-refractivity contribution in [3.63, 3.8) is 0 Å². The van der Waals surface area contributed by atoms with E-state index >= 15 is 0 Å². The van der Waals surface area contributed by atoms with Crippen molar-refractivity contribution in [1.82, 2.24) is 24.5 Å². The van der Waals surface area contributed by atoms with Crippen LogP contribution in [0.1, 0.15) is 49.4 Å². The zero-order valence-electron chi connectivity index (χ0n) is 20.5. The second kappa shape index (κ2) is 8.21. The Morgan fingerprint density at radius 3 is 2.67 bits per heavy atom. The summed E-state index contributed by atoms with van der Waals surface area (Å²) in [5.74, 6) is 0.387. The maximum Gasteiger partial charge on any atom is 0.241 e. The number of pyridine rings is 2. The van der Waals surface area contributed by atoms with Crippen LogP contribution in [0.25, 0.3) is 21.7 Å². The molecular weight excluding hydrogens is 479 g/mol. The molecule has 188 valence electrons. The van der Waals surface area contributed by atoms with Crippen molar-refractivity contribution in [2.24, 2.45) is 7.05 Å². The van der Waals surface area contributed by atoms with Gasteiger partial charge >= 0.3 is 0 Å². The quantitative estimate of drug-likeness (QED) is 0.391. The van der Waals surface area contributed by atoms with Gasteiger partial charge in [0.25, 0.3) is 0 Å². The average molecular weight is 509 g/mol. The summed E-state index contributed by atoms with van der Waals surface area (Å²) in [6.45, 7) is 2.44. The van der Waals surface area contributed by atoms with E-state index in [0.29, 0.717) is 24.1 Å². The highest BCUT2D eigenvalue weighted by Gasteiger charge is 2.33. The number of rotatable bonds is 7. The van der Waals surface area contributed by atoms with Gasteiger partial charge in [-0.2, -0.15) is 5.10 Å². The molecule has 0 aliphatic heterocycles. The zero-order valence-corrected chi connectivity index (χ0v) is 21.4. The summed E-state index contributed by atoms with van der Waals surface area (Å²) in [6.07, 6.45) is 10.5. The molecule has 8 nitrogen and oxygen atoms in total. The van der Waals surface area contributed by atoms with E-state index in [4.69, 9.17) is 0 Å². The number of nitrogens with one attached hydrogen (secondary N) is 2. The molecule has 1 saturated carbocycles. The first-order valence-corrected chi connectivity index (χ1v) is 13.7. The first-order chi connectivity index (χ1) is 17.1. The third-order valence-corrected chi connectivity index (χ3v) is 8.62. The molecule has 2 aliphatic rings. The van der Waals surface area contributed by atoms with Crippen LogP contribution in [0, 0.1) is 0 Å². The van der Waals surface area contributed by atoms with E-state index in [-0.39, 0.29) is 17.5 Å². The van der Waals surface area contributed by atoms with Crippen LogP contribution in [0.2, 0.25) is 0 Å². The number of nitrogens with zero attached hydrogens (tertiary/aromatic N) is 4. The van der Waals surface area contributed by atoms with Crippen LogP contribution in [-0.2, 0) is 29.9 Å². The zero-order chi connectivity index (χ0) is 25.2. The van der Waals surface area contributed by atoms with Gasteiger partial charge in [-0.3, -0.25) is 14.6 Å². The number of hydrogen-bond donors (Lipinski definition) is 2. The smallest absolute Gasteiger partial charge is 0.241 e. The summed E-state index contributed by atoms with van der Waals surface area (Å²) in [7, 11) is -2.09. The molecule has 1 unspecified atom stereocenters. The number of sulfonamides is 1. The Hall–Kier alpha value is -3.11. The molecule has 10 heteroatoms. The number of halogens is 1. The summed E-state index contributed by atoms with van der Waals surface area (Å²) in [5, 5.41) is 10.3. The Morgan fingerprint density at radius 1 is 1.11 bits per heavy atom. The second-order valence-corrected chi connectivity index (χ2v) is 12.3. The molecule has 0 bridgehead atoms. The first-order valence-electron chi connectivity index (χ1n) is 12.2. The summed E-state index contributed by atoms with van der Waals surface area (Å²) >= 11 is 0. The summed E-state index contributed by atoms with van der Waals surface area (Å²) < 4.78 is 45.9. The molecule has 1 fully saturated rings. The lowest BCUT2D eigenvalue weighted by atomic mass is 10.0.